The monoisotopic (exact) mass is 462 g/mol. The second kappa shape index (κ2) is 9.50. The highest BCUT2D eigenvalue weighted by molar-refractivity contribution is 8.00. The van der Waals surface area contributed by atoms with Gasteiger partial charge in [-0.1, -0.05) is 60.3 Å². The van der Waals surface area contributed by atoms with E-state index in [9.17, 15) is 9.59 Å². The first-order chi connectivity index (χ1) is 15.9. The van der Waals surface area contributed by atoms with Crippen LogP contribution in [0.3, 0.4) is 0 Å². The van der Waals surface area contributed by atoms with Crippen LogP contribution in [0.25, 0.3) is 5.69 Å². The maximum Gasteiger partial charge on any atom is 0.295 e. The van der Waals surface area contributed by atoms with Gasteiger partial charge >= 0.3 is 0 Å². The Morgan fingerprint density at radius 3 is 2.33 bits per heavy atom. The summed E-state index contributed by atoms with van der Waals surface area (Å²) in [6.07, 6.45) is 0. The van der Waals surface area contributed by atoms with Crippen molar-refractivity contribution in [2.75, 3.05) is 5.32 Å². The van der Waals surface area contributed by atoms with Crippen molar-refractivity contribution in [1.82, 2.24) is 24.1 Å². The van der Waals surface area contributed by atoms with Crippen LogP contribution in [-0.2, 0) is 18.4 Å². The molecule has 8 nitrogen and oxygen atoms in total. The molecule has 0 aliphatic heterocycles. The van der Waals surface area contributed by atoms with E-state index < -0.39 is 5.25 Å². The Labute approximate surface area is 196 Å². The summed E-state index contributed by atoms with van der Waals surface area (Å²) >= 11 is 1.32. The lowest BCUT2D eigenvalue weighted by Crippen LogP contribution is -2.27. The molecule has 9 heteroatoms. The zero-order valence-electron chi connectivity index (χ0n) is 19.0. The number of thioether (sulfide) groups is 1. The van der Waals surface area contributed by atoms with Crippen molar-refractivity contribution in [3.8, 4) is 5.69 Å². The van der Waals surface area contributed by atoms with E-state index in [4.69, 9.17) is 0 Å². The summed E-state index contributed by atoms with van der Waals surface area (Å²) in [5.41, 5.74) is 2.55. The summed E-state index contributed by atoms with van der Waals surface area (Å²) in [6.45, 7) is 6.12. The number of hydrogen-bond acceptors (Lipinski definition) is 5. The Morgan fingerprint density at radius 1 is 1.03 bits per heavy atom. The first-order valence-electron chi connectivity index (χ1n) is 10.6. The summed E-state index contributed by atoms with van der Waals surface area (Å²) in [6, 6.07) is 19.4. The number of benzene rings is 2. The van der Waals surface area contributed by atoms with Crippen LogP contribution in [-0.4, -0.2) is 35.3 Å². The average molecular weight is 463 g/mol. The van der Waals surface area contributed by atoms with E-state index >= 15 is 0 Å². The Bertz CT molecular complexity index is 1320. The highest BCUT2D eigenvalue weighted by atomic mass is 32.2. The zero-order valence-corrected chi connectivity index (χ0v) is 19.8. The van der Waals surface area contributed by atoms with Crippen molar-refractivity contribution >= 4 is 23.4 Å². The molecule has 0 bridgehead atoms. The number of nitrogens with one attached hydrogen (secondary N) is 1. The fourth-order valence-electron chi connectivity index (χ4n) is 3.55. The van der Waals surface area contributed by atoms with Crippen molar-refractivity contribution in [2.24, 2.45) is 7.05 Å². The van der Waals surface area contributed by atoms with Crippen molar-refractivity contribution < 1.29 is 4.79 Å². The minimum Gasteiger partial charge on any atom is -0.319 e. The Morgan fingerprint density at radius 2 is 1.67 bits per heavy atom. The molecule has 0 saturated carbocycles. The topological polar surface area (TPSA) is 86.7 Å². The van der Waals surface area contributed by atoms with Gasteiger partial charge < -0.3 is 9.88 Å². The number of nitrogens with zero attached hydrogens (tertiary/aromatic N) is 5. The predicted octanol–water partition coefficient (Wildman–Crippen LogP) is 3.55. The van der Waals surface area contributed by atoms with Gasteiger partial charge in [-0.25, -0.2) is 4.68 Å². The number of amides is 1. The summed E-state index contributed by atoms with van der Waals surface area (Å²) in [4.78, 5) is 26.1. The molecular formula is C24H26N6O2S. The first-order valence-corrected chi connectivity index (χ1v) is 11.5. The molecular weight excluding hydrogens is 436 g/mol. The van der Waals surface area contributed by atoms with E-state index in [1.165, 1.54) is 11.8 Å². The number of carbonyl (C=O) groups is 1. The molecule has 0 aliphatic rings. The highest BCUT2D eigenvalue weighted by Gasteiger charge is 2.23. The third-order valence-electron chi connectivity index (χ3n) is 5.54. The normalized spacial score (nSPS) is 12.0. The fourth-order valence-corrected chi connectivity index (χ4v) is 4.44. The average Bonchev–Trinajstić information content (AvgIpc) is 3.26. The molecule has 4 rings (SSSR count). The van der Waals surface area contributed by atoms with Crippen LogP contribution in [0, 0.1) is 13.8 Å². The zero-order chi connectivity index (χ0) is 23.5. The molecule has 0 fully saturated rings. The van der Waals surface area contributed by atoms with Crippen LogP contribution in [0.4, 0.5) is 5.69 Å². The summed E-state index contributed by atoms with van der Waals surface area (Å²) in [7, 11) is 1.80. The molecule has 0 spiro atoms. The van der Waals surface area contributed by atoms with Crippen molar-refractivity contribution in [3.63, 3.8) is 0 Å². The summed E-state index contributed by atoms with van der Waals surface area (Å²) < 4.78 is 5.27. The van der Waals surface area contributed by atoms with E-state index in [0.29, 0.717) is 17.4 Å². The molecule has 1 amide bonds. The Kier molecular flexibility index (Phi) is 6.50. The number of anilines is 1. The number of hydrogen-bond donors (Lipinski definition) is 1. The summed E-state index contributed by atoms with van der Waals surface area (Å²) in [5.74, 6) is 0.511. The highest BCUT2D eigenvalue weighted by Crippen LogP contribution is 2.24. The second-order valence-corrected chi connectivity index (χ2v) is 9.10. The number of para-hydroxylation sites is 1. The van der Waals surface area contributed by atoms with Gasteiger partial charge in [-0.15, -0.1) is 10.2 Å². The van der Waals surface area contributed by atoms with Crippen LogP contribution in [0.5, 0.6) is 0 Å². The number of rotatable bonds is 7. The molecule has 0 saturated heterocycles. The SMILES string of the molecule is Cc1nnc(S[C@H](C)C(=O)Nc2c(C)n(C)n(-c3ccccc3)c2=O)n1Cc1ccccc1. The quantitative estimate of drug-likeness (QED) is 0.425. The molecule has 0 radical (unpaired) electrons. The largest absolute Gasteiger partial charge is 0.319 e. The molecule has 1 N–H and O–H groups in total. The second-order valence-electron chi connectivity index (χ2n) is 7.79. The van der Waals surface area contributed by atoms with Crippen LogP contribution in [0.1, 0.15) is 24.0 Å². The number of aryl methyl sites for hydroxylation is 1. The van der Waals surface area contributed by atoms with Gasteiger partial charge in [0.05, 0.1) is 23.2 Å². The molecule has 33 heavy (non-hydrogen) atoms. The molecule has 4 aromatic rings. The van der Waals surface area contributed by atoms with E-state index in [2.05, 4.69) is 15.5 Å². The first kappa shape index (κ1) is 22.6. The van der Waals surface area contributed by atoms with E-state index in [1.807, 2.05) is 79.1 Å². The van der Waals surface area contributed by atoms with Gasteiger partial charge in [0.2, 0.25) is 5.91 Å². The third kappa shape index (κ3) is 4.63. The number of carbonyl (C=O) groups excluding carboxylic acids is 1. The van der Waals surface area contributed by atoms with E-state index in [0.717, 1.165) is 17.1 Å². The molecule has 2 aromatic heterocycles. The van der Waals surface area contributed by atoms with Gasteiger partial charge in [0.25, 0.3) is 5.56 Å². The van der Waals surface area contributed by atoms with Gasteiger partial charge in [-0.3, -0.25) is 14.3 Å². The van der Waals surface area contributed by atoms with E-state index in [1.54, 1.807) is 23.3 Å². The Hall–Kier alpha value is -3.59. The molecule has 1 atom stereocenters. The predicted molar refractivity (Wildman–Crippen MR) is 130 cm³/mol. The van der Waals surface area contributed by atoms with Crippen molar-refractivity contribution in [3.05, 3.63) is 88.1 Å². The fraction of sp³-hybridized carbons (Fsp3) is 0.250. The van der Waals surface area contributed by atoms with Crippen LogP contribution in [0.15, 0.2) is 70.6 Å². The third-order valence-corrected chi connectivity index (χ3v) is 6.62. The molecule has 0 unspecified atom stereocenters. The lowest BCUT2D eigenvalue weighted by molar-refractivity contribution is -0.115. The smallest absolute Gasteiger partial charge is 0.295 e. The van der Waals surface area contributed by atoms with Gasteiger partial charge in [-0.05, 0) is 38.5 Å². The van der Waals surface area contributed by atoms with Crippen LogP contribution < -0.4 is 10.9 Å². The Balaban J connectivity index is 1.53. The maximum absolute atomic E-state index is 13.1. The van der Waals surface area contributed by atoms with Gasteiger partial charge in [0.1, 0.15) is 11.5 Å². The molecule has 0 aliphatic carbocycles. The van der Waals surface area contributed by atoms with Crippen molar-refractivity contribution in [2.45, 2.75) is 37.7 Å². The maximum atomic E-state index is 13.1. The van der Waals surface area contributed by atoms with Crippen LogP contribution >= 0.6 is 11.8 Å². The standard InChI is InChI=1S/C24H26N6O2S/c1-16-21(23(32)30(28(16)4)20-13-9-6-10-14-20)25-22(31)17(2)33-24-27-26-18(3)29(24)15-19-11-7-5-8-12-19/h5-14,17H,15H2,1-4H3,(H,25,31)/t17-/m1/s1. The van der Waals surface area contributed by atoms with Crippen molar-refractivity contribution in [1.29, 1.82) is 0 Å². The minimum absolute atomic E-state index is 0.266. The summed E-state index contributed by atoms with van der Waals surface area (Å²) in [5, 5.41) is 11.5. The lowest BCUT2D eigenvalue weighted by atomic mass is 10.2. The van der Waals surface area contributed by atoms with Crippen LogP contribution in [0.2, 0.25) is 0 Å². The molecule has 2 heterocycles. The van der Waals surface area contributed by atoms with Gasteiger partial charge in [-0.2, -0.15) is 0 Å². The van der Waals surface area contributed by atoms with Gasteiger partial charge in [0.15, 0.2) is 5.16 Å². The minimum atomic E-state index is -0.479. The molecule has 170 valence electrons. The molecule has 2 aromatic carbocycles. The van der Waals surface area contributed by atoms with E-state index in [-0.39, 0.29) is 17.2 Å². The number of aromatic nitrogens is 5. The van der Waals surface area contributed by atoms with Gasteiger partial charge in [0, 0.05) is 7.05 Å². The lowest BCUT2D eigenvalue weighted by Gasteiger charge is -2.13.